The van der Waals surface area contributed by atoms with E-state index in [2.05, 4.69) is 17.4 Å². The molecule has 148 valence electrons. The lowest BCUT2D eigenvalue weighted by Crippen LogP contribution is -3.11. The van der Waals surface area contributed by atoms with Crippen molar-refractivity contribution in [2.24, 2.45) is 0 Å². The van der Waals surface area contributed by atoms with Gasteiger partial charge >= 0.3 is 0 Å². The Morgan fingerprint density at radius 2 is 1.93 bits per heavy atom. The highest BCUT2D eigenvalue weighted by molar-refractivity contribution is 5.76. The van der Waals surface area contributed by atoms with E-state index in [4.69, 9.17) is 9.47 Å². The summed E-state index contributed by atoms with van der Waals surface area (Å²) in [5.74, 6) is 1.24. The number of nitrogens with one attached hydrogen (secondary N) is 2. The predicted molar refractivity (Wildman–Crippen MR) is 103 cm³/mol. The molecular formula is C22H26FN2O3+. The van der Waals surface area contributed by atoms with E-state index < -0.39 is 0 Å². The molecule has 2 aromatic rings. The van der Waals surface area contributed by atoms with E-state index >= 15 is 0 Å². The van der Waals surface area contributed by atoms with Gasteiger partial charge in [0.05, 0.1) is 19.8 Å². The second kappa shape index (κ2) is 8.61. The van der Waals surface area contributed by atoms with E-state index in [9.17, 15) is 9.18 Å². The smallest absolute Gasteiger partial charge is 0.275 e. The number of carbonyl (C=O) groups excluding carboxylic acids is 1. The molecule has 4 rings (SSSR count). The standard InChI is InChI=1S/C22H25FN2O3/c23-18-6-2-1-5-17(18)14-24-22(26)15-25-10-3-7-19(25)16-8-9-20-21(13-16)28-12-4-11-27-20/h1-2,5-6,8-9,13,19H,3-4,7,10-12,14-15H2,(H,24,26)/p+1/t19-/m1/s1. The van der Waals surface area contributed by atoms with Gasteiger partial charge in [-0.3, -0.25) is 4.79 Å². The third-order valence-electron chi connectivity index (χ3n) is 5.48. The highest BCUT2D eigenvalue weighted by atomic mass is 19.1. The Morgan fingerprint density at radius 3 is 2.79 bits per heavy atom. The number of likely N-dealkylation sites (tertiary alicyclic amines) is 1. The number of fused-ring (bicyclic) bond motifs is 1. The molecule has 2 atom stereocenters. The van der Waals surface area contributed by atoms with E-state index in [1.807, 2.05) is 6.07 Å². The van der Waals surface area contributed by atoms with Crippen LogP contribution in [0.5, 0.6) is 11.5 Å². The van der Waals surface area contributed by atoms with Crippen molar-refractivity contribution in [3.05, 3.63) is 59.4 Å². The number of amides is 1. The largest absolute Gasteiger partial charge is 0.490 e. The molecule has 2 aliphatic heterocycles. The van der Waals surface area contributed by atoms with Gasteiger partial charge in [-0.2, -0.15) is 0 Å². The summed E-state index contributed by atoms with van der Waals surface area (Å²) in [5.41, 5.74) is 1.69. The van der Waals surface area contributed by atoms with Crippen molar-refractivity contribution in [3.63, 3.8) is 0 Å². The van der Waals surface area contributed by atoms with E-state index in [0.717, 1.165) is 37.3 Å². The lowest BCUT2D eigenvalue weighted by Gasteiger charge is -2.22. The highest BCUT2D eigenvalue weighted by Gasteiger charge is 2.32. The molecule has 6 heteroatoms. The monoisotopic (exact) mass is 385 g/mol. The van der Waals surface area contributed by atoms with Crippen molar-refractivity contribution in [2.75, 3.05) is 26.3 Å². The van der Waals surface area contributed by atoms with Gasteiger partial charge in [0, 0.05) is 36.9 Å². The van der Waals surface area contributed by atoms with Crippen molar-refractivity contribution in [1.29, 1.82) is 0 Å². The molecule has 28 heavy (non-hydrogen) atoms. The van der Waals surface area contributed by atoms with E-state index in [-0.39, 0.29) is 24.3 Å². The van der Waals surface area contributed by atoms with E-state index in [1.165, 1.54) is 16.5 Å². The van der Waals surface area contributed by atoms with Crippen LogP contribution in [0.15, 0.2) is 42.5 Å². The summed E-state index contributed by atoms with van der Waals surface area (Å²) in [7, 11) is 0. The fraction of sp³-hybridized carbons (Fsp3) is 0.409. The number of quaternary nitrogens is 1. The molecule has 5 nitrogen and oxygen atoms in total. The Balaban J connectivity index is 1.39. The van der Waals surface area contributed by atoms with E-state index in [0.29, 0.717) is 25.3 Å². The predicted octanol–water partition coefficient (Wildman–Crippen LogP) is 2.02. The molecule has 0 aromatic heterocycles. The van der Waals surface area contributed by atoms with Crippen LogP contribution >= 0.6 is 0 Å². The van der Waals surface area contributed by atoms with Gasteiger partial charge in [0.15, 0.2) is 18.0 Å². The number of benzene rings is 2. The molecule has 0 bridgehead atoms. The first-order valence-electron chi connectivity index (χ1n) is 9.95. The molecule has 2 N–H and O–H groups in total. The Labute approximate surface area is 164 Å². The zero-order valence-electron chi connectivity index (χ0n) is 15.9. The molecular weight excluding hydrogens is 359 g/mol. The van der Waals surface area contributed by atoms with Gasteiger partial charge in [-0.15, -0.1) is 0 Å². The van der Waals surface area contributed by atoms with Crippen LogP contribution in [0.4, 0.5) is 4.39 Å². The molecule has 1 unspecified atom stereocenters. The average Bonchev–Trinajstić information content (AvgIpc) is 3.02. The molecule has 0 aliphatic carbocycles. The van der Waals surface area contributed by atoms with Crippen LogP contribution in [-0.4, -0.2) is 32.2 Å². The van der Waals surface area contributed by atoms with Crippen LogP contribution in [0.1, 0.15) is 36.4 Å². The second-order valence-corrected chi connectivity index (χ2v) is 7.40. The zero-order chi connectivity index (χ0) is 19.3. The summed E-state index contributed by atoms with van der Waals surface area (Å²) >= 11 is 0. The minimum atomic E-state index is -0.290. The Bertz CT molecular complexity index is 842. The minimum Gasteiger partial charge on any atom is -0.490 e. The number of hydrogen-bond acceptors (Lipinski definition) is 3. The molecule has 2 aromatic carbocycles. The van der Waals surface area contributed by atoms with Gasteiger partial charge < -0.3 is 19.7 Å². The Hall–Kier alpha value is -2.60. The molecule has 1 amide bonds. The Kier molecular flexibility index (Phi) is 5.76. The number of ether oxygens (including phenoxy) is 2. The maximum Gasteiger partial charge on any atom is 0.275 e. The third-order valence-corrected chi connectivity index (χ3v) is 5.48. The number of halogens is 1. The fourth-order valence-electron chi connectivity index (χ4n) is 4.03. The summed E-state index contributed by atoms with van der Waals surface area (Å²) in [6.45, 7) is 2.89. The van der Waals surface area contributed by atoms with Gasteiger partial charge in [0.25, 0.3) is 5.91 Å². The van der Waals surface area contributed by atoms with Crippen molar-refractivity contribution >= 4 is 5.91 Å². The van der Waals surface area contributed by atoms with Crippen molar-refractivity contribution in [3.8, 4) is 11.5 Å². The van der Waals surface area contributed by atoms with Gasteiger partial charge in [0.1, 0.15) is 11.9 Å². The fourth-order valence-corrected chi connectivity index (χ4v) is 4.03. The van der Waals surface area contributed by atoms with Gasteiger partial charge in [0.2, 0.25) is 0 Å². The van der Waals surface area contributed by atoms with Gasteiger partial charge in [-0.1, -0.05) is 18.2 Å². The lowest BCUT2D eigenvalue weighted by atomic mass is 10.0. The van der Waals surface area contributed by atoms with Gasteiger partial charge in [-0.25, -0.2) is 4.39 Å². The van der Waals surface area contributed by atoms with Gasteiger partial charge in [-0.05, 0) is 24.3 Å². The number of rotatable bonds is 5. The number of hydrogen-bond donors (Lipinski definition) is 2. The van der Waals surface area contributed by atoms with Crippen LogP contribution in [0, 0.1) is 5.82 Å². The third kappa shape index (κ3) is 4.28. The molecule has 0 radical (unpaired) electrons. The zero-order valence-corrected chi connectivity index (χ0v) is 15.9. The van der Waals surface area contributed by atoms with Crippen LogP contribution in [0.3, 0.4) is 0 Å². The first-order valence-corrected chi connectivity index (χ1v) is 9.95. The molecule has 2 aliphatic rings. The lowest BCUT2D eigenvalue weighted by molar-refractivity contribution is -0.910. The summed E-state index contributed by atoms with van der Waals surface area (Å²) in [5, 5.41) is 2.85. The normalized spacial score (nSPS) is 21.2. The molecule has 1 saturated heterocycles. The van der Waals surface area contributed by atoms with E-state index in [1.54, 1.807) is 18.2 Å². The van der Waals surface area contributed by atoms with Crippen LogP contribution in [-0.2, 0) is 11.3 Å². The first kappa shape index (κ1) is 18.7. The van der Waals surface area contributed by atoms with Crippen molar-refractivity contribution in [2.45, 2.75) is 31.8 Å². The van der Waals surface area contributed by atoms with Crippen LogP contribution in [0.25, 0.3) is 0 Å². The van der Waals surface area contributed by atoms with Crippen molar-refractivity contribution in [1.82, 2.24) is 5.32 Å². The topological polar surface area (TPSA) is 52.0 Å². The van der Waals surface area contributed by atoms with Crippen LogP contribution < -0.4 is 19.7 Å². The second-order valence-electron chi connectivity index (χ2n) is 7.40. The Morgan fingerprint density at radius 1 is 1.11 bits per heavy atom. The average molecular weight is 385 g/mol. The number of carbonyl (C=O) groups is 1. The summed E-state index contributed by atoms with van der Waals surface area (Å²) in [6, 6.07) is 12.9. The molecule has 0 saturated carbocycles. The van der Waals surface area contributed by atoms with Crippen molar-refractivity contribution < 1.29 is 23.6 Å². The highest BCUT2D eigenvalue weighted by Crippen LogP contribution is 2.33. The molecule has 2 heterocycles. The minimum absolute atomic E-state index is 0.0560. The maximum absolute atomic E-state index is 13.7. The maximum atomic E-state index is 13.7. The quantitative estimate of drug-likeness (QED) is 0.828. The first-order chi connectivity index (χ1) is 13.7. The van der Waals surface area contributed by atoms with Crippen LogP contribution in [0.2, 0.25) is 0 Å². The summed E-state index contributed by atoms with van der Waals surface area (Å²) in [6.07, 6.45) is 3.00. The summed E-state index contributed by atoms with van der Waals surface area (Å²) in [4.78, 5) is 13.7. The molecule has 0 spiro atoms. The summed E-state index contributed by atoms with van der Waals surface area (Å²) < 4.78 is 25.2. The SMILES string of the molecule is O=C(C[NH+]1CCC[C@@H]1c1ccc2c(c1)OCCCO2)NCc1ccccc1F. The molecule has 1 fully saturated rings.